The fourth-order valence-corrected chi connectivity index (χ4v) is 2.03. The van der Waals surface area contributed by atoms with Crippen LogP contribution in [-0.4, -0.2) is 16.5 Å². The summed E-state index contributed by atoms with van der Waals surface area (Å²) in [6.07, 6.45) is 2.46. The van der Waals surface area contributed by atoms with Crippen molar-refractivity contribution in [1.29, 1.82) is 0 Å². The Balaban J connectivity index is 1.91. The molecule has 0 unspecified atom stereocenters. The van der Waals surface area contributed by atoms with E-state index in [0.717, 1.165) is 35.5 Å². The van der Waals surface area contributed by atoms with Gasteiger partial charge in [-0.25, -0.2) is 9.37 Å². The van der Waals surface area contributed by atoms with E-state index in [0.29, 0.717) is 4.99 Å². The Bertz CT molecular complexity index is 611. The van der Waals surface area contributed by atoms with Crippen molar-refractivity contribution in [2.45, 2.75) is 13.3 Å². The largest absolute Gasteiger partial charge is 0.389 e. The topological polar surface area (TPSA) is 50.9 Å². The van der Waals surface area contributed by atoms with Gasteiger partial charge in [-0.2, -0.15) is 0 Å². The normalized spacial score (nSPS) is 10.3. The molecule has 20 heavy (non-hydrogen) atoms. The van der Waals surface area contributed by atoms with E-state index in [1.54, 1.807) is 12.3 Å². The highest BCUT2D eigenvalue weighted by Crippen LogP contribution is 2.11. The van der Waals surface area contributed by atoms with Crippen molar-refractivity contribution in [2.75, 3.05) is 11.9 Å². The number of aryl methyl sites for hydroxylation is 1. The van der Waals surface area contributed by atoms with Gasteiger partial charge in [-0.1, -0.05) is 18.3 Å². The number of anilines is 1. The van der Waals surface area contributed by atoms with Gasteiger partial charge in [0.05, 0.1) is 0 Å². The highest BCUT2D eigenvalue weighted by molar-refractivity contribution is 7.80. The summed E-state index contributed by atoms with van der Waals surface area (Å²) in [4.78, 5) is 4.57. The number of aromatic nitrogens is 1. The third-order valence-electron chi connectivity index (χ3n) is 3.05. The molecule has 0 spiro atoms. The molecular weight excluding hydrogens is 273 g/mol. The summed E-state index contributed by atoms with van der Waals surface area (Å²) in [6.45, 7) is 2.64. The maximum absolute atomic E-state index is 13.0. The number of thiocarbonyl (C=S) groups is 1. The first-order valence-corrected chi connectivity index (χ1v) is 6.72. The smallest absolute Gasteiger partial charge is 0.125 e. The molecule has 1 aromatic heterocycles. The van der Waals surface area contributed by atoms with Crippen LogP contribution < -0.4 is 11.1 Å². The standard InChI is InChI=1S/C15H16FN3S/c1-10-8-13(16)4-2-11(10)6-7-18-14-5-3-12(9-19-14)15(17)20/h2-5,8-9H,6-7H2,1H3,(H2,17,20)(H,18,19). The molecule has 2 aromatic rings. The summed E-state index contributed by atoms with van der Waals surface area (Å²) in [5, 5.41) is 3.21. The summed E-state index contributed by atoms with van der Waals surface area (Å²) < 4.78 is 13.0. The van der Waals surface area contributed by atoms with Gasteiger partial charge in [-0.15, -0.1) is 0 Å². The van der Waals surface area contributed by atoms with E-state index in [4.69, 9.17) is 18.0 Å². The van der Waals surface area contributed by atoms with Crippen LogP contribution in [0.4, 0.5) is 10.2 Å². The van der Waals surface area contributed by atoms with E-state index in [1.165, 1.54) is 6.07 Å². The lowest BCUT2D eigenvalue weighted by Crippen LogP contribution is -2.11. The number of nitrogens with one attached hydrogen (secondary N) is 1. The lowest BCUT2D eigenvalue weighted by Gasteiger charge is -2.08. The van der Waals surface area contributed by atoms with Crippen LogP contribution in [0.2, 0.25) is 0 Å². The van der Waals surface area contributed by atoms with Crippen LogP contribution in [0, 0.1) is 12.7 Å². The molecule has 0 aliphatic carbocycles. The fourth-order valence-electron chi connectivity index (χ4n) is 1.91. The SMILES string of the molecule is Cc1cc(F)ccc1CCNc1ccc(C(N)=S)cn1. The molecule has 0 atom stereocenters. The van der Waals surface area contributed by atoms with E-state index < -0.39 is 0 Å². The van der Waals surface area contributed by atoms with Crippen LogP contribution in [0.1, 0.15) is 16.7 Å². The van der Waals surface area contributed by atoms with Crippen LogP contribution in [0.5, 0.6) is 0 Å². The highest BCUT2D eigenvalue weighted by atomic mass is 32.1. The number of hydrogen-bond donors (Lipinski definition) is 2. The lowest BCUT2D eigenvalue weighted by molar-refractivity contribution is 0.625. The molecule has 5 heteroatoms. The van der Waals surface area contributed by atoms with Crippen LogP contribution in [0.3, 0.4) is 0 Å². The average molecular weight is 289 g/mol. The molecule has 0 saturated carbocycles. The Morgan fingerprint density at radius 2 is 2.15 bits per heavy atom. The minimum absolute atomic E-state index is 0.200. The Labute approximate surface area is 123 Å². The van der Waals surface area contributed by atoms with Gasteiger partial charge in [0.25, 0.3) is 0 Å². The molecule has 0 radical (unpaired) electrons. The molecule has 0 aliphatic rings. The summed E-state index contributed by atoms with van der Waals surface area (Å²) in [6, 6.07) is 8.52. The van der Waals surface area contributed by atoms with Crippen molar-refractivity contribution < 1.29 is 4.39 Å². The molecular formula is C15H16FN3S. The molecule has 3 nitrogen and oxygen atoms in total. The third-order valence-corrected chi connectivity index (χ3v) is 3.29. The second-order valence-corrected chi connectivity index (χ2v) is 4.98. The summed E-state index contributed by atoms with van der Waals surface area (Å²) in [5.74, 6) is 0.569. The molecule has 1 heterocycles. The molecule has 3 N–H and O–H groups in total. The predicted molar refractivity (Wildman–Crippen MR) is 83.5 cm³/mol. The first kappa shape index (κ1) is 14.4. The minimum atomic E-state index is -0.200. The molecule has 0 amide bonds. The van der Waals surface area contributed by atoms with E-state index in [-0.39, 0.29) is 5.82 Å². The van der Waals surface area contributed by atoms with Crippen LogP contribution in [-0.2, 0) is 6.42 Å². The molecule has 104 valence electrons. The van der Waals surface area contributed by atoms with E-state index in [2.05, 4.69) is 10.3 Å². The van der Waals surface area contributed by atoms with Crippen LogP contribution in [0.25, 0.3) is 0 Å². The molecule has 0 bridgehead atoms. The first-order chi connectivity index (χ1) is 9.56. The molecule has 1 aromatic carbocycles. The van der Waals surface area contributed by atoms with Gasteiger partial charge in [-0.3, -0.25) is 0 Å². The maximum Gasteiger partial charge on any atom is 0.125 e. The second-order valence-electron chi connectivity index (χ2n) is 4.54. The summed E-state index contributed by atoms with van der Waals surface area (Å²) >= 11 is 4.87. The van der Waals surface area contributed by atoms with Gasteiger partial charge in [0.1, 0.15) is 16.6 Å². The van der Waals surface area contributed by atoms with E-state index in [9.17, 15) is 4.39 Å². The van der Waals surface area contributed by atoms with Gasteiger partial charge >= 0.3 is 0 Å². The molecule has 0 aliphatic heterocycles. The number of hydrogen-bond acceptors (Lipinski definition) is 3. The second kappa shape index (κ2) is 6.43. The number of nitrogens with zero attached hydrogens (tertiary/aromatic N) is 1. The van der Waals surface area contributed by atoms with Gasteiger partial charge in [-0.05, 0) is 48.7 Å². The molecule has 0 fully saturated rings. The molecule has 2 rings (SSSR count). The summed E-state index contributed by atoms with van der Waals surface area (Å²) in [5.41, 5.74) is 8.34. The third kappa shape index (κ3) is 3.74. The van der Waals surface area contributed by atoms with Crippen molar-refractivity contribution >= 4 is 23.0 Å². The van der Waals surface area contributed by atoms with Crippen LogP contribution in [0.15, 0.2) is 36.5 Å². The number of nitrogens with two attached hydrogens (primary N) is 1. The van der Waals surface area contributed by atoms with Crippen molar-refractivity contribution in [2.24, 2.45) is 5.73 Å². The van der Waals surface area contributed by atoms with Crippen LogP contribution >= 0.6 is 12.2 Å². The van der Waals surface area contributed by atoms with Crippen molar-refractivity contribution in [1.82, 2.24) is 4.98 Å². The maximum atomic E-state index is 13.0. The predicted octanol–water partition coefficient (Wildman–Crippen LogP) is 2.82. The van der Waals surface area contributed by atoms with Gasteiger partial charge in [0, 0.05) is 18.3 Å². The Kier molecular flexibility index (Phi) is 4.63. The lowest BCUT2D eigenvalue weighted by atomic mass is 10.1. The quantitative estimate of drug-likeness (QED) is 0.831. The monoisotopic (exact) mass is 289 g/mol. The van der Waals surface area contributed by atoms with Crippen molar-refractivity contribution in [3.8, 4) is 0 Å². The zero-order chi connectivity index (χ0) is 14.5. The number of halogens is 1. The van der Waals surface area contributed by atoms with Gasteiger partial charge in [0.15, 0.2) is 0 Å². The Hall–Kier alpha value is -2.01. The summed E-state index contributed by atoms with van der Waals surface area (Å²) in [7, 11) is 0. The van der Waals surface area contributed by atoms with Crippen molar-refractivity contribution in [3.63, 3.8) is 0 Å². The van der Waals surface area contributed by atoms with Gasteiger partial charge < -0.3 is 11.1 Å². The zero-order valence-corrected chi connectivity index (χ0v) is 12.0. The first-order valence-electron chi connectivity index (χ1n) is 6.31. The van der Waals surface area contributed by atoms with E-state index >= 15 is 0 Å². The van der Waals surface area contributed by atoms with Crippen molar-refractivity contribution in [3.05, 3.63) is 59.0 Å². The average Bonchev–Trinajstić information content (AvgIpc) is 2.42. The van der Waals surface area contributed by atoms with Gasteiger partial charge in [0.2, 0.25) is 0 Å². The van der Waals surface area contributed by atoms with E-state index in [1.807, 2.05) is 25.1 Å². The zero-order valence-electron chi connectivity index (χ0n) is 11.2. The number of pyridine rings is 1. The highest BCUT2D eigenvalue weighted by Gasteiger charge is 2.01. The fraction of sp³-hybridized carbons (Fsp3) is 0.200. The molecule has 0 saturated heterocycles. The Morgan fingerprint density at radius 3 is 2.75 bits per heavy atom. The number of benzene rings is 1. The Morgan fingerprint density at radius 1 is 1.35 bits per heavy atom. The number of rotatable bonds is 5. The minimum Gasteiger partial charge on any atom is -0.389 e.